The second-order valence-electron chi connectivity index (χ2n) is 7.65. The van der Waals surface area contributed by atoms with Crippen LogP contribution >= 0.6 is 11.8 Å². The maximum absolute atomic E-state index is 13.9. The highest BCUT2D eigenvalue weighted by molar-refractivity contribution is 8.00. The van der Waals surface area contributed by atoms with Gasteiger partial charge in [0.1, 0.15) is 17.4 Å². The predicted molar refractivity (Wildman–Crippen MR) is 121 cm³/mol. The van der Waals surface area contributed by atoms with Gasteiger partial charge in [0.15, 0.2) is 11.0 Å². The molecule has 2 aromatic carbocycles. The number of carbonyl (C=O) groups excluding carboxylic acids is 1. The third-order valence-electron chi connectivity index (χ3n) is 5.31. The molecule has 0 spiro atoms. The Balaban J connectivity index is 1.55. The number of amides is 1. The van der Waals surface area contributed by atoms with Crippen LogP contribution in [0.25, 0.3) is 11.4 Å². The summed E-state index contributed by atoms with van der Waals surface area (Å²) in [5.41, 5.74) is 0.652. The molecule has 33 heavy (non-hydrogen) atoms. The van der Waals surface area contributed by atoms with Crippen molar-refractivity contribution in [3.63, 3.8) is 0 Å². The first-order valence-corrected chi connectivity index (χ1v) is 11.4. The van der Waals surface area contributed by atoms with Crippen LogP contribution in [0.2, 0.25) is 0 Å². The summed E-state index contributed by atoms with van der Waals surface area (Å²) in [4.78, 5) is 12.7. The number of hydrogen-bond acceptors (Lipinski definition) is 6. The first kappa shape index (κ1) is 23.2. The van der Waals surface area contributed by atoms with E-state index in [4.69, 9.17) is 9.47 Å². The Hall–Kier alpha value is -2.98. The van der Waals surface area contributed by atoms with E-state index in [2.05, 4.69) is 15.5 Å². The largest absolute Gasteiger partial charge is 0.497 e. The number of hydrogen-bond donors (Lipinski definition) is 1. The number of benzene rings is 2. The molecule has 0 bridgehead atoms. The van der Waals surface area contributed by atoms with Crippen molar-refractivity contribution < 1.29 is 23.0 Å². The fraction of sp³-hybridized carbons (Fsp3) is 0.348. The Morgan fingerprint density at radius 2 is 2.06 bits per heavy atom. The zero-order valence-electron chi connectivity index (χ0n) is 18.3. The second-order valence-corrected chi connectivity index (χ2v) is 8.96. The molecule has 174 valence electrons. The van der Waals surface area contributed by atoms with Crippen LogP contribution in [0.15, 0.2) is 47.6 Å². The average molecular weight is 475 g/mol. The molecule has 2 unspecified atom stereocenters. The van der Waals surface area contributed by atoms with E-state index in [1.807, 2.05) is 28.8 Å². The van der Waals surface area contributed by atoms with Gasteiger partial charge in [0, 0.05) is 18.2 Å². The van der Waals surface area contributed by atoms with Gasteiger partial charge in [-0.2, -0.15) is 0 Å². The molecular weight excluding hydrogens is 450 g/mol. The number of nitrogens with zero attached hydrogens (tertiary/aromatic N) is 3. The molecule has 1 aliphatic rings. The summed E-state index contributed by atoms with van der Waals surface area (Å²) >= 11 is 1.19. The smallest absolute Gasteiger partial charge is 0.237 e. The minimum atomic E-state index is -0.703. The Morgan fingerprint density at radius 3 is 2.76 bits per heavy atom. The third kappa shape index (κ3) is 5.51. The van der Waals surface area contributed by atoms with Crippen molar-refractivity contribution in [3.05, 3.63) is 54.1 Å². The SMILES string of the molecule is COc1ccc(-c2nnc(SC(C)C(=O)Nc3cc(F)ccc3F)n2CC2CCCO2)cc1. The molecule has 1 aliphatic heterocycles. The molecule has 1 fully saturated rings. The first-order chi connectivity index (χ1) is 15.9. The monoisotopic (exact) mass is 474 g/mol. The highest BCUT2D eigenvalue weighted by Gasteiger charge is 2.25. The quantitative estimate of drug-likeness (QED) is 0.484. The summed E-state index contributed by atoms with van der Waals surface area (Å²) < 4.78 is 40.3. The number of rotatable bonds is 8. The number of ether oxygens (including phenoxy) is 2. The number of thioether (sulfide) groups is 1. The fourth-order valence-corrected chi connectivity index (χ4v) is 4.38. The molecular formula is C23H24F2N4O3S. The van der Waals surface area contributed by atoms with Gasteiger partial charge in [-0.15, -0.1) is 10.2 Å². The number of anilines is 1. The maximum Gasteiger partial charge on any atom is 0.237 e. The number of halogens is 2. The summed E-state index contributed by atoms with van der Waals surface area (Å²) in [6.07, 6.45) is 1.95. The van der Waals surface area contributed by atoms with Crippen LogP contribution in [-0.2, 0) is 16.1 Å². The lowest BCUT2D eigenvalue weighted by Gasteiger charge is -2.17. The van der Waals surface area contributed by atoms with Crippen molar-refractivity contribution in [1.82, 2.24) is 14.8 Å². The molecule has 1 saturated heterocycles. The number of aromatic nitrogens is 3. The molecule has 2 atom stereocenters. The molecule has 10 heteroatoms. The van der Waals surface area contributed by atoms with Crippen molar-refractivity contribution >= 4 is 23.4 Å². The Bertz CT molecular complexity index is 1120. The highest BCUT2D eigenvalue weighted by Crippen LogP contribution is 2.30. The molecule has 0 radical (unpaired) electrons. The lowest BCUT2D eigenvalue weighted by atomic mass is 10.2. The molecule has 4 rings (SSSR count). The van der Waals surface area contributed by atoms with E-state index in [0.717, 1.165) is 42.4 Å². The zero-order valence-corrected chi connectivity index (χ0v) is 19.1. The molecule has 1 N–H and O–H groups in total. The summed E-state index contributed by atoms with van der Waals surface area (Å²) in [6, 6.07) is 10.4. The van der Waals surface area contributed by atoms with E-state index in [-0.39, 0.29) is 11.8 Å². The van der Waals surface area contributed by atoms with Gasteiger partial charge >= 0.3 is 0 Å². The van der Waals surface area contributed by atoms with Crippen LogP contribution in [0.3, 0.4) is 0 Å². The molecule has 0 aliphatic carbocycles. The molecule has 2 heterocycles. The van der Waals surface area contributed by atoms with Crippen molar-refractivity contribution in [1.29, 1.82) is 0 Å². The van der Waals surface area contributed by atoms with Crippen molar-refractivity contribution in [3.8, 4) is 17.1 Å². The van der Waals surface area contributed by atoms with E-state index in [0.29, 0.717) is 24.1 Å². The minimum Gasteiger partial charge on any atom is -0.497 e. The van der Waals surface area contributed by atoms with Crippen LogP contribution in [0, 0.1) is 11.6 Å². The fourth-order valence-electron chi connectivity index (χ4n) is 3.53. The topological polar surface area (TPSA) is 78.3 Å². The van der Waals surface area contributed by atoms with Crippen molar-refractivity contribution in [2.75, 3.05) is 19.0 Å². The molecule has 7 nitrogen and oxygen atoms in total. The van der Waals surface area contributed by atoms with Gasteiger partial charge in [-0.25, -0.2) is 8.78 Å². The van der Waals surface area contributed by atoms with E-state index < -0.39 is 22.8 Å². The zero-order chi connectivity index (χ0) is 23.4. The Labute approximate surface area is 194 Å². The van der Waals surface area contributed by atoms with Crippen LogP contribution in [0.4, 0.5) is 14.5 Å². The van der Waals surface area contributed by atoms with Gasteiger partial charge in [-0.1, -0.05) is 11.8 Å². The normalized spacial score (nSPS) is 16.5. The van der Waals surface area contributed by atoms with E-state index in [1.54, 1.807) is 14.0 Å². The van der Waals surface area contributed by atoms with Gasteiger partial charge in [0.05, 0.1) is 30.7 Å². The first-order valence-electron chi connectivity index (χ1n) is 10.6. The molecule has 3 aromatic rings. The van der Waals surface area contributed by atoms with Crippen molar-refractivity contribution in [2.45, 2.75) is 42.8 Å². The van der Waals surface area contributed by atoms with E-state index >= 15 is 0 Å². The minimum absolute atomic E-state index is 0.0304. The second kappa shape index (κ2) is 10.3. The van der Waals surface area contributed by atoms with Crippen LogP contribution in [-0.4, -0.2) is 45.7 Å². The van der Waals surface area contributed by atoms with E-state index in [1.165, 1.54) is 11.8 Å². The Kier molecular flexibility index (Phi) is 7.24. The lowest BCUT2D eigenvalue weighted by Crippen LogP contribution is -2.24. The van der Waals surface area contributed by atoms with Gasteiger partial charge in [0.2, 0.25) is 5.91 Å². The summed E-state index contributed by atoms with van der Waals surface area (Å²) in [5, 5.41) is 11.0. The highest BCUT2D eigenvalue weighted by atomic mass is 32.2. The number of nitrogens with one attached hydrogen (secondary N) is 1. The average Bonchev–Trinajstić information content (AvgIpc) is 3.47. The van der Waals surface area contributed by atoms with Crippen LogP contribution in [0.1, 0.15) is 19.8 Å². The maximum atomic E-state index is 13.9. The van der Waals surface area contributed by atoms with Gasteiger partial charge in [0.25, 0.3) is 0 Å². The third-order valence-corrected chi connectivity index (χ3v) is 6.39. The molecule has 1 amide bonds. The summed E-state index contributed by atoms with van der Waals surface area (Å²) in [5.74, 6) is -0.423. The summed E-state index contributed by atoms with van der Waals surface area (Å²) in [7, 11) is 1.60. The van der Waals surface area contributed by atoms with Crippen LogP contribution in [0.5, 0.6) is 5.75 Å². The van der Waals surface area contributed by atoms with E-state index in [9.17, 15) is 13.6 Å². The van der Waals surface area contributed by atoms with Crippen LogP contribution < -0.4 is 10.1 Å². The van der Waals surface area contributed by atoms with Crippen molar-refractivity contribution in [2.24, 2.45) is 0 Å². The molecule has 0 saturated carbocycles. The number of methoxy groups -OCH3 is 1. The van der Waals surface area contributed by atoms with Gasteiger partial charge in [-0.05, 0) is 56.2 Å². The predicted octanol–water partition coefficient (Wildman–Crippen LogP) is 4.53. The standard InChI is InChI=1S/C23H24F2N4O3S/c1-14(22(30)26-20-12-16(24)7-10-19(20)25)33-23-28-27-21(15-5-8-17(31-2)9-6-15)29(23)13-18-4-3-11-32-18/h5-10,12,14,18H,3-4,11,13H2,1-2H3,(H,26,30). The molecule has 1 aromatic heterocycles. The van der Waals surface area contributed by atoms with Gasteiger partial charge in [-0.3, -0.25) is 9.36 Å². The lowest BCUT2D eigenvalue weighted by molar-refractivity contribution is -0.115. The van der Waals surface area contributed by atoms with Gasteiger partial charge < -0.3 is 14.8 Å². The summed E-state index contributed by atoms with van der Waals surface area (Å²) in [6.45, 7) is 2.93. The number of carbonyl (C=O) groups is 1. The Morgan fingerprint density at radius 1 is 1.27 bits per heavy atom.